The fourth-order valence-corrected chi connectivity index (χ4v) is 5.18. The first kappa shape index (κ1) is 33.0. The Balaban J connectivity index is 2.58. The quantitative estimate of drug-likeness (QED) is 0.151. The van der Waals surface area contributed by atoms with Gasteiger partial charge in [0.2, 0.25) is 5.75 Å². The molecule has 2 aromatic rings. The van der Waals surface area contributed by atoms with Gasteiger partial charge in [-0.1, -0.05) is 26.3 Å². The number of benzene rings is 2. The normalized spacial score (nSPS) is 14.4. The van der Waals surface area contributed by atoms with Crippen LogP contribution in [0, 0.1) is 27.4 Å². The van der Waals surface area contributed by atoms with Crippen LogP contribution in [-0.4, -0.2) is 58.6 Å². The van der Waals surface area contributed by atoms with Gasteiger partial charge in [0.05, 0.1) is 47.0 Å². The maximum atomic E-state index is 12.4. The van der Waals surface area contributed by atoms with E-state index in [0.717, 1.165) is 0 Å². The summed E-state index contributed by atoms with van der Waals surface area (Å²) in [5.41, 5.74) is 0.0212. The van der Waals surface area contributed by atoms with E-state index in [2.05, 4.69) is 6.07 Å². The highest BCUT2D eigenvalue weighted by atomic mass is 16.6. The van der Waals surface area contributed by atoms with Crippen molar-refractivity contribution in [3.05, 3.63) is 51.6 Å². The van der Waals surface area contributed by atoms with E-state index in [0.29, 0.717) is 46.3 Å². The van der Waals surface area contributed by atoms with Gasteiger partial charge < -0.3 is 28.4 Å². The summed E-state index contributed by atoms with van der Waals surface area (Å²) in [6, 6.07) is 9.69. The van der Waals surface area contributed by atoms with Crippen LogP contribution in [0.2, 0.25) is 0 Å². The Morgan fingerprint density at radius 2 is 1.59 bits per heavy atom. The van der Waals surface area contributed by atoms with Crippen molar-refractivity contribution in [1.82, 2.24) is 0 Å². The highest BCUT2D eigenvalue weighted by Gasteiger charge is 2.44. The molecule has 224 valence electrons. The number of esters is 1. The average Bonchev–Trinajstić information content (AvgIpc) is 2.98. The van der Waals surface area contributed by atoms with Crippen molar-refractivity contribution in [3.63, 3.8) is 0 Å². The van der Waals surface area contributed by atoms with Crippen LogP contribution >= 0.6 is 0 Å². The van der Waals surface area contributed by atoms with Crippen molar-refractivity contribution in [1.29, 1.82) is 5.26 Å². The lowest BCUT2D eigenvalue weighted by atomic mass is 9.67. The van der Waals surface area contributed by atoms with Crippen molar-refractivity contribution < 1.29 is 38.1 Å². The summed E-state index contributed by atoms with van der Waals surface area (Å²) < 4.78 is 32.9. The molecule has 11 heteroatoms. The van der Waals surface area contributed by atoms with Gasteiger partial charge in [-0.3, -0.25) is 14.9 Å². The molecule has 0 saturated heterocycles. The minimum atomic E-state index is -1.28. The van der Waals surface area contributed by atoms with Crippen molar-refractivity contribution in [2.75, 3.05) is 35.5 Å². The molecule has 0 aliphatic heterocycles. The molecule has 4 atom stereocenters. The van der Waals surface area contributed by atoms with Gasteiger partial charge in [0.25, 0.3) is 6.04 Å². The third kappa shape index (κ3) is 7.31. The van der Waals surface area contributed by atoms with Gasteiger partial charge in [0.1, 0.15) is 0 Å². The molecule has 0 spiro atoms. The molecule has 0 aromatic heterocycles. The largest absolute Gasteiger partial charge is 0.493 e. The maximum Gasteiger partial charge on any atom is 0.303 e. The third-order valence-corrected chi connectivity index (χ3v) is 7.57. The molecule has 4 unspecified atom stereocenters. The number of nitrogens with zero attached hydrogens (tertiary/aromatic N) is 2. The smallest absolute Gasteiger partial charge is 0.303 e. The lowest BCUT2D eigenvalue weighted by Crippen LogP contribution is -2.41. The Morgan fingerprint density at radius 1 is 0.976 bits per heavy atom. The topological polar surface area (TPSA) is 139 Å². The number of carbonyl (C=O) groups is 1. The zero-order valence-corrected chi connectivity index (χ0v) is 25.0. The monoisotopic (exact) mass is 572 g/mol. The minimum absolute atomic E-state index is 0.0339. The molecule has 0 fully saturated rings. The molecule has 2 rings (SSSR count). The van der Waals surface area contributed by atoms with Gasteiger partial charge in [0.15, 0.2) is 29.1 Å². The SMILES string of the molecule is CCC(C)C(C#N)(CCC(OC(C)=O)C(Cc1ccc(OC)c(OC)c1)[N+](=O)[O-])c1ccc(OC)c(OC)c1OC. The Bertz CT molecular complexity index is 1240. The standard InChI is InChI=1S/C30H40N2O9/c1-9-19(2)30(18-31,22-11-13-26(37-5)29(40-8)28(22)39-7)15-14-24(41-20(3)33)23(32(34)35)16-21-10-12-25(36-4)27(17-21)38-6/h10-13,17,19,23-24H,9,14-16H2,1-8H3. The summed E-state index contributed by atoms with van der Waals surface area (Å²) in [7, 11) is 7.44. The molecule has 41 heavy (non-hydrogen) atoms. The molecule has 0 radical (unpaired) electrons. The van der Waals surface area contributed by atoms with E-state index in [9.17, 15) is 20.2 Å². The van der Waals surface area contributed by atoms with Crippen molar-refractivity contribution in [3.8, 4) is 34.8 Å². The van der Waals surface area contributed by atoms with Gasteiger partial charge in [-0.15, -0.1) is 0 Å². The van der Waals surface area contributed by atoms with Crippen molar-refractivity contribution in [2.24, 2.45) is 5.92 Å². The first-order valence-corrected chi connectivity index (χ1v) is 13.3. The van der Waals surface area contributed by atoms with Crippen LogP contribution in [0.15, 0.2) is 30.3 Å². The van der Waals surface area contributed by atoms with Crippen molar-refractivity contribution >= 4 is 5.97 Å². The highest BCUT2D eigenvalue weighted by molar-refractivity contribution is 5.66. The Labute approximate surface area is 241 Å². The number of nitriles is 1. The molecule has 0 N–H and O–H groups in total. The summed E-state index contributed by atoms with van der Waals surface area (Å²) in [6.07, 6.45) is -0.313. The van der Waals surface area contributed by atoms with Gasteiger partial charge in [-0.25, -0.2) is 0 Å². The van der Waals surface area contributed by atoms with E-state index in [1.54, 1.807) is 30.3 Å². The van der Waals surface area contributed by atoms with Crippen LogP contribution in [0.3, 0.4) is 0 Å². The molecule has 0 saturated carbocycles. The van der Waals surface area contributed by atoms with Gasteiger partial charge in [-0.2, -0.15) is 5.26 Å². The molecule has 0 bridgehead atoms. The molecule has 0 aliphatic carbocycles. The number of nitro groups is 1. The highest BCUT2D eigenvalue weighted by Crippen LogP contribution is 2.49. The molecular formula is C30H40N2O9. The van der Waals surface area contributed by atoms with E-state index < -0.39 is 28.5 Å². The summed E-state index contributed by atoms with van der Waals surface area (Å²) in [4.78, 5) is 24.0. The average molecular weight is 573 g/mol. The zero-order valence-electron chi connectivity index (χ0n) is 25.0. The molecule has 11 nitrogen and oxygen atoms in total. The van der Waals surface area contributed by atoms with E-state index in [1.165, 1.54) is 42.5 Å². The number of methoxy groups -OCH3 is 5. The number of carbonyl (C=O) groups excluding carboxylic acids is 1. The number of ether oxygens (including phenoxy) is 6. The molecule has 0 amide bonds. The Morgan fingerprint density at radius 3 is 2.07 bits per heavy atom. The zero-order chi connectivity index (χ0) is 30.7. The van der Waals surface area contributed by atoms with E-state index in [4.69, 9.17) is 28.4 Å². The van der Waals surface area contributed by atoms with Crippen LogP contribution in [-0.2, 0) is 21.4 Å². The Hall–Kier alpha value is -4.20. The fraction of sp³-hybridized carbons (Fsp3) is 0.533. The number of hydrogen-bond donors (Lipinski definition) is 0. The van der Waals surface area contributed by atoms with Crippen molar-refractivity contribution in [2.45, 2.75) is 64.0 Å². The van der Waals surface area contributed by atoms with Crippen LogP contribution in [0.25, 0.3) is 0 Å². The number of rotatable bonds is 16. The molecule has 2 aromatic carbocycles. The second-order valence-corrected chi connectivity index (χ2v) is 9.71. The van der Waals surface area contributed by atoms with Crippen LogP contribution in [0.1, 0.15) is 51.2 Å². The van der Waals surface area contributed by atoms with Crippen LogP contribution in [0.4, 0.5) is 0 Å². The first-order valence-electron chi connectivity index (χ1n) is 13.3. The minimum Gasteiger partial charge on any atom is -0.493 e. The molecular weight excluding hydrogens is 532 g/mol. The first-order chi connectivity index (χ1) is 19.6. The second-order valence-electron chi connectivity index (χ2n) is 9.71. The van der Waals surface area contributed by atoms with Gasteiger partial charge >= 0.3 is 5.97 Å². The maximum absolute atomic E-state index is 12.4. The molecule has 0 aliphatic rings. The lowest BCUT2D eigenvalue weighted by Gasteiger charge is -2.36. The fourth-order valence-electron chi connectivity index (χ4n) is 5.18. The van der Waals surface area contributed by atoms with Gasteiger partial charge in [0, 0.05) is 23.8 Å². The van der Waals surface area contributed by atoms with E-state index >= 15 is 0 Å². The van der Waals surface area contributed by atoms with E-state index in [1.807, 2.05) is 13.8 Å². The Kier molecular flexibility index (Phi) is 12.1. The predicted octanol–water partition coefficient (Wildman–Crippen LogP) is 5.14. The second kappa shape index (κ2) is 15.0. The van der Waals surface area contributed by atoms with Crippen LogP contribution in [0.5, 0.6) is 28.7 Å². The molecule has 0 heterocycles. The predicted molar refractivity (Wildman–Crippen MR) is 152 cm³/mol. The summed E-state index contributed by atoms with van der Waals surface area (Å²) in [5, 5.41) is 23.0. The van der Waals surface area contributed by atoms with Crippen LogP contribution < -0.4 is 23.7 Å². The van der Waals surface area contributed by atoms with E-state index in [-0.39, 0.29) is 25.2 Å². The summed E-state index contributed by atoms with van der Waals surface area (Å²) in [6.45, 7) is 5.11. The van der Waals surface area contributed by atoms with Gasteiger partial charge in [-0.05, 0) is 48.6 Å². The lowest BCUT2D eigenvalue weighted by molar-refractivity contribution is -0.533. The summed E-state index contributed by atoms with van der Waals surface area (Å²) in [5.74, 6) is 1.18. The summed E-state index contributed by atoms with van der Waals surface area (Å²) >= 11 is 0. The third-order valence-electron chi connectivity index (χ3n) is 7.57. The number of hydrogen-bond acceptors (Lipinski definition) is 10.